The van der Waals surface area contributed by atoms with Gasteiger partial charge >= 0.3 is 0 Å². The highest BCUT2D eigenvalue weighted by molar-refractivity contribution is 5.92. The summed E-state index contributed by atoms with van der Waals surface area (Å²) in [5.41, 5.74) is 6.93. The lowest BCUT2D eigenvalue weighted by molar-refractivity contribution is -0.121. The van der Waals surface area contributed by atoms with E-state index in [2.05, 4.69) is 15.3 Å². The topological polar surface area (TPSA) is 101 Å². The average Bonchev–Trinajstić information content (AvgIpc) is 3.43. The van der Waals surface area contributed by atoms with Gasteiger partial charge in [0.15, 0.2) is 0 Å². The van der Waals surface area contributed by atoms with Crippen LogP contribution in [0.25, 0.3) is 0 Å². The van der Waals surface area contributed by atoms with Gasteiger partial charge in [0, 0.05) is 31.2 Å². The molecule has 1 saturated heterocycles. The van der Waals surface area contributed by atoms with E-state index in [4.69, 9.17) is 5.73 Å². The van der Waals surface area contributed by atoms with Crippen molar-refractivity contribution in [3.8, 4) is 0 Å². The Hall–Kier alpha value is -2.18. The second-order valence-electron chi connectivity index (χ2n) is 7.81. The molecule has 2 heterocycles. The number of hydrogen-bond donors (Lipinski definition) is 2. The van der Waals surface area contributed by atoms with Gasteiger partial charge in [-0.15, -0.1) is 0 Å². The summed E-state index contributed by atoms with van der Waals surface area (Å²) < 4.78 is 0. The van der Waals surface area contributed by atoms with Crippen molar-refractivity contribution < 1.29 is 9.59 Å². The van der Waals surface area contributed by atoms with E-state index in [-0.39, 0.29) is 23.7 Å². The number of carbonyl (C=O) groups excluding carboxylic acids is 2. The van der Waals surface area contributed by atoms with Crippen molar-refractivity contribution in [1.29, 1.82) is 0 Å². The first-order valence-electron chi connectivity index (χ1n) is 9.65. The number of rotatable bonds is 6. The van der Waals surface area contributed by atoms with Crippen molar-refractivity contribution >= 4 is 17.8 Å². The maximum absolute atomic E-state index is 12.7. The average molecular weight is 359 g/mol. The summed E-state index contributed by atoms with van der Waals surface area (Å²) in [5, 5.41) is 3.03. The number of likely N-dealkylation sites (tertiary alicyclic amines) is 1. The van der Waals surface area contributed by atoms with E-state index in [9.17, 15) is 9.59 Å². The monoisotopic (exact) mass is 359 g/mol. The van der Waals surface area contributed by atoms with E-state index < -0.39 is 0 Å². The lowest BCUT2D eigenvalue weighted by Crippen LogP contribution is -2.39. The third kappa shape index (κ3) is 4.93. The fraction of sp³-hybridized carbons (Fsp3) is 0.684. The van der Waals surface area contributed by atoms with Crippen LogP contribution in [0.4, 0.5) is 5.95 Å². The van der Waals surface area contributed by atoms with Crippen LogP contribution in [0.1, 0.15) is 74.5 Å². The molecule has 1 aromatic rings. The van der Waals surface area contributed by atoms with E-state index in [0.29, 0.717) is 37.2 Å². The highest BCUT2D eigenvalue weighted by atomic mass is 16.2. The molecule has 0 bridgehead atoms. The van der Waals surface area contributed by atoms with Crippen molar-refractivity contribution in [1.82, 2.24) is 20.2 Å². The number of nitrogens with zero attached hydrogens (tertiary/aromatic N) is 3. The van der Waals surface area contributed by atoms with Gasteiger partial charge in [-0.2, -0.15) is 0 Å². The van der Waals surface area contributed by atoms with E-state index in [1.165, 1.54) is 0 Å². The van der Waals surface area contributed by atoms with E-state index in [1.54, 1.807) is 6.07 Å². The van der Waals surface area contributed by atoms with Gasteiger partial charge in [-0.05, 0) is 50.0 Å². The highest BCUT2D eigenvalue weighted by Gasteiger charge is 2.27. The summed E-state index contributed by atoms with van der Waals surface area (Å²) in [7, 11) is 0. The predicted octanol–water partition coefficient (Wildman–Crippen LogP) is 2.09. The lowest BCUT2D eigenvalue weighted by atomic mass is 9.92. The van der Waals surface area contributed by atoms with Crippen molar-refractivity contribution in [3.63, 3.8) is 0 Å². The quantitative estimate of drug-likeness (QED) is 0.810. The molecule has 1 aliphatic carbocycles. The molecule has 2 aliphatic rings. The predicted molar refractivity (Wildman–Crippen MR) is 99.6 cm³/mol. The zero-order chi connectivity index (χ0) is 18.7. The Balaban J connectivity index is 1.49. The van der Waals surface area contributed by atoms with Gasteiger partial charge in [0.25, 0.3) is 5.91 Å². The molecule has 0 unspecified atom stereocenters. The van der Waals surface area contributed by atoms with Crippen molar-refractivity contribution in [2.75, 3.05) is 18.8 Å². The van der Waals surface area contributed by atoms with Gasteiger partial charge in [-0.3, -0.25) is 9.59 Å². The van der Waals surface area contributed by atoms with Gasteiger partial charge < -0.3 is 16.0 Å². The molecule has 142 valence electrons. The fourth-order valence-electron chi connectivity index (χ4n) is 3.34. The van der Waals surface area contributed by atoms with Crippen LogP contribution in [0.15, 0.2) is 6.07 Å². The van der Waals surface area contributed by atoms with E-state index in [0.717, 1.165) is 37.8 Å². The summed E-state index contributed by atoms with van der Waals surface area (Å²) in [6.07, 6.45) is 5.60. The smallest absolute Gasteiger partial charge is 0.272 e. The largest absolute Gasteiger partial charge is 0.368 e. The van der Waals surface area contributed by atoms with E-state index >= 15 is 0 Å². The molecule has 1 aromatic heterocycles. The molecule has 1 aliphatic heterocycles. The van der Waals surface area contributed by atoms with Crippen LogP contribution >= 0.6 is 0 Å². The summed E-state index contributed by atoms with van der Waals surface area (Å²) in [4.78, 5) is 34.7. The molecule has 2 amide bonds. The molecule has 26 heavy (non-hydrogen) atoms. The van der Waals surface area contributed by atoms with Crippen LogP contribution in [-0.2, 0) is 4.79 Å². The van der Waals surface area contributed by atoms with Gasteiger partial charge in [0.05, 0.1) is 0 Å². The van der Waals surface area contributed by atoms with Crippen molar-refractivity contribution in [2.45, 2.75) is 64.3 Å². The molecule has 0 radical (unpaired) electrons. The molecule has 3 rings (SSSR count). The van der Waals surface area contributed by atoms with Crippen molar-refractivity contribution in [2.24, 2.45) is 5.92 Å². The molecular weight excluding hydrogens is 330 g/mol. The van der Waals surface area contributed by atoms with Gasteiger partial charge in [-0.1, -0.05) is 13.8 Å². The Morgan fingerprint density at radius 3 is 2.54 bits per heavy atom. The Morgan fingerprint density at radius 1 is 1.23 bits per heavy atom. The second-order valence-corrected chi connectivity index (χ2v) is 7.81. The maximum Gasteiger partial charge on any atom is 0.272 e. The maximum atomic E-state index is 12.7. The molecular formula is C19H29N5O2. The first kappa shape index (κ1) is 18.6. The Kier molecular flexibility index (Phi) is 5.74. The van der Waals surface area contributed by atoms with Crippen LogP contribution in [-0.4, -0.2) is 45.8 Å². The van der Waals surface area contributed by atoms with Crippen LogP contribution < -0.4 is 11.1 Å². The molecule has 7 heteroatoms. The fourth-order valence-corrected chi connectivity index (χ4v) is 3.34. The highest BCUT2D eigenvalue weighted by Crippen LogP contribution is 2.24. The normalized spacial score (nSPS) is 18.2. The van der Waals surface area contributed by atoms with Crippen LogP contribution in [0, 0.1) is 5.92 Å². The first-order chi connectivity index (χ1) is 12.4. The summed E-state index contributed by atoms with van der Waals surface area (Å²) in [5.74, 6) is 0.941. The van der Waals surface area contributed by atoms with Crippen LogP contribution in [0.5, 0.6) is 0 Å². The van der Waals surface area contributed by atoms with Gasteiger partial charge in [0.1, 0.15) is 5.69 Å². The minimum absolute atomic E-state index is 0.0778. The minimum Gasteiger partial charge on any atom is -0.368 e. The number of nitrogens with one attached hydrogen (secondary N) is 1. The first-order valence-corrected chi connectivity index (χ1v) is 9.65. The number of hydrogen-bond acceptors (Lipinski definition) is 5. The Morgan fingerprint density at radius 2 is 1.92 bits per heavy atom. The molecule has 0 atom stereocenters. The van der Waals surface area contributed by atoms with Gasteiger partial charge in [0.2, 0.25) is 11.9 Å². The summed E-state index contributed by atoms with van der Waals surface area (Å²) in [6, 6.07) is 2.18. The minimum atomic E-state index is -0.0778. The standard InChI is InChI=1S/C19H29N5O2/c1-12(2)15-11-16(23-19(20)22-15)18(26)24-9-7-13(8-10-24)3-6-17(25)21-14-4-5-14/h11-14H,3-10H2,1-2H3,(H,21,25)(H2,20,22,23). The van der Waals surface area contributed by atoms with Gasteiger partial charge in [-0.25, -0.2) is 9.97 Å². The summed E-state index contributed by atoms with van der Waals surface area (Å²) in [6.45, 7) is 5.44. The zero-order valence-electron chi connectivity index (χ0n) is 15.7. The van der Waals surface area contributed by atoms with Crippen molar-refractivity contribution in [3.05, 3.63) is 17.5 Å². The second kappa shape index (κ2) is 8.01. The molecule has 7 nitrogen and oxygen atoms in total. The molecule has 1 saturated carbocycles. The van der Waals surface area contributed by atoms with Crippen LogP contribution in [0.3, 0.4) is 0 Å². The molecule has 2 fully saturated rings. The number of anilines is 1. The number of carbonyl (C=O) groups is 2. The number of aromatic nitrogens is 2. The lowest BCUT2D eigenvalue weighted by Gasteiger charge is -2.31. The molecule has 0 spiro atoms. The zero-order valence-corrected chi connectivity index (χ0v) is 15.7. The third-order valence-electron chi connectivity index (χ3n) is 5.20. The number of nitrogen functional groups attached to an aromatic ring is 1. The Bertz CT molecular complexity index is 664. The molecule has 3 N–H and O–H groups in total. The SMILES string of the molecule is CC(C)c1cc(C(=O)N2CCC(CCC(=O)NC3CC3)CC2)nc(N)n1. The number of piperidine rings is 1. The van der Waals surface area contributed by atoms with E-state index in [1.807, 2.05) is 18.7 Å². The number of amides is 2. The van der Waals surface area contributed by atoms with Crippen LogP contribution in [0.2, 0.25) is 0 Å². The third-order valence-corrected chi connectivity index (χ3v) is 5.20. The summed E-state index contributed by atoms with van der Waals surface area (Å²) >= 11 is 0. The Labute approximate surface area is 154 Å². The number of nitrogens with two attached hydrogens (primary N) is 1. The molecule has 0 aromatic carbocycles.